The van der Waals surface area contributed by atoms with E-state index in [1.807, 2.05) is 0 Å². The lowest BCUT2D eigenvalue weighted by Gasteiger charge is -2.12. The Kier molecular flexibility index (Phi) is 4.38. The van der Waals surface area contributed by atoms with Crippen molar-refractivity contribution in [1.29, 1.82) is 0 Å². The summed E-state index contributed by atoms with van der Waals surface area (Å²) in [5.41, 5.74) is 0.294. The number of aliphatic hydroxyl groups is 1. The van der Waals surface area contributed by atoms with Crippen molar-refractivity contribution in [2.24, 2.45) is 0 Å². The highest BCUT2D eigenvalue weighted by Gasteiger charge is 2.11. The Morgan fingerprint density at radius 3 is 2.94 bits per heavy atom. The van der Waals surface area contributed by atoms with E-state index in [1.54, 1.807) is 18.2 Å². The Bertz CT molecular complexity index is 476. The van der Waals surface area contributed by atoms with E-state index in [4.69, 9.17) is 4.52 Å². The number of halogens is 1. The molecule has 1 aromatic carbocycles. The van der Waals surface area contributed by atoms with Crippen molar-refractivity contribution in [1.82, 2.24) is 15.5 Å². The number of hydrogen-bond acceptors (Lipinski definition) is 5. The lowest BCUT2D eigenvalue weighted by molar-refractivity contribution is 0.170. The highest BCUT2D eigenvalue weighted by atomic mass is 19.1. The SMILES string of the molecule is OC(CNCCc1ncno1)c1ccccc1F. The van der Waals surface area contributed by atoms with E-state index in [2.05, 4.69) is 15.5 Å². The standard InChI is InChI=1S/C12H14FN3O2/c13-10-4-2-1-3-9(10)11(17)7-14-6-5-12-15-8-16-18-12/h1-4,8,11,14,17H,5-7H2. The molecule has 1 unspecified atom stereocenters. The summed E-state index contributed by atoms with van der Waals surface area (Å²) in [6.45, 7) is 0.850. The van der Waals surface area contributed by atoms with Gasteiger partial charge in [-0.3, -0.25) is 0 Å². The summed E-state index contributed by atoms with van der Waals surface area (Å²) in [6.07, 6.45) is 1.04. The van der Waals surface area contributed by atoms with E-state index < -0.39 is 11.9 Å². The Morgan fingerprint density at radius 1 is 1.39 bits per heavy atom. The van der Waals surface area contributed by atoms with Crippen molar-refractivity contribution in [2.45, 2.75) is 12.5 Å². The lowest BCUT2D eigenvalue weighted by Crippen LogP contribution is -2.24. The van der Waals surface area contributed by atoms with Gasteiger partial charge < -0.3 is 14.9 Å². The van der Waals surface area contributed by atoms with Crippen LogP contribution in [0.25, 0.3) is 0 Å². The molecule has 1 aromatic heterocycles. The van der Waals surface area contributed by atoms with Crippen molar-refractivity contribution < 1.29 is 14.0 Å². The third-order valence-electron chi connectivity index (χ3n) is 2.52. The zero-order chi connectivity index (χ0) is 12.8. The molecule has 5 nitrogen and oxygen atoms in total. The molecular formula is C12H14FN3O2. The Morgan fingerprint density at radius 2 is 2.22 bits per heavy atom. The number of nitrogens with one attached hydrogen (secondary N) is 1. The molecule has 0 aliphatic heterocycles. The first-order chi connectivity index (χ1) is 8.77. The van der Waals surface area contributed by atoms with E-state index in [0.29, 0.717) is 24.4 Å². The number of aromatic nitrogens is 2. The molecule has 0 aliphatic carbocycles. The predicted molar refractivity (Wildman–Crippen MR) is 62.2 cm³/mol. The molecule has 0 radical (unpaired) electrons. The summed E-state index contributed by atoms with van der Waals surface area (Å²) < 4.78 is 18.2. The van der Waals surface area contributed by atoms with Gasteiger partial charge in [0.2, 0.25) is 5.89 Å². The zero-order valence-electron chi connectivity index (χ0n) is 9.71. The van der Waals surface area contributed by atoms with Crippen LogP contribution in [0.1, 0.15) is 17.6 Å². The second-order valence-electron chi connectivity index (χ2n) is 3.83. The normalized spacial score (nSPS) is 12.6. The van der Waals surface area contributed by atoms with Crippen LogP contribution in [0.5, 0.6) is 0 Å². The molecule has 2 aromatic rings. The summed E-state index contributed by atoms with van der Waals surface area (Å²) in [5, 5.41) is 16.3. The van der Waals surface area contributed by atoms with Crippen LogP contribution in [0.3, 0.4) is 0 Å². The van der Waals surface area contributed by atoms with Crippen LogP contribution in [0.15, 0.2) is 35.1 Å². The second kappa shape index (κ2) is 6.23. The minimum Gasteiger partial charge on any atom is -0.387 e. The third-order valence-corrected chi connectivity index (χ3v) is 2.52. The smallest absolute Gasteiger partial charge is 0.227 e. The summed E-state index contributed by atoms with van der Waals surface area (Å²) in [5.74, 6) is 0.131. The highest BCUT2D eigenvalue weighted by molar-refractivity contribution is 5.19. The minimum absolute atomic E-state index is 0.273. The molecule has 96 valence electrons. The van der Waals surface area contributed by atoms with Crippen LogP contribution >= 0.6 is 0 Å². The van der Waals surface area contributed by atoms with Gasteiger partial charge in [0.15, 0.2) is 6.33 Å². The van der Waals surface area contributed by atoms with Crippen LogP contribution in [0.2, 0.25) is 0 Å². The van der Waals surface area contributed by atoms with Gasteiger partial charge in [0, 0.05) is 25.1 Å². The van der Waals surface area contributed by atoms with Crippen molar-refractivity contribution in [3.05, 3.63) is 47.9 Å². The maximum absolute atomic E-state index is 13.4. The maximum Gasteiger partial charge on any atom is 0.227 e. The summed E-state index contributed by atoms with van der Waals surface area (Å²) in [6, 6.07) is 6.19. The minimum atomic E-state index is -0.867. The van der Waals surface area contributed by atoms with Gasteiger partial charge in [0.1, 0.15) is 5.82 Å². The summed E-state index contributed by atoms with van der Waals surface area (Å²) in [7, 11) is 0. The molecule has 18 heavy (non-hydrogen) atoms. The molecule has 2 N–H and O–H groups in total. The molecule has 1 heterocycles. The Hall–Kier alpha value is -1.79. The molecule has 0 saturated heterocycles. The van der Waals surface area contributed by atoms with Gasteiger partial charge in [-0.2, -0.15) is 4.98 Å². The third kappa shape index (κ3) is 3.35. The van der Waals surface area contributed by atoms with Crippen molar-refractivity contribution in [3.63, 3.8) is 0 Å². The first-order valence-electron chi connectivity index (χ1n) is 5.66. The molecular weight excluding hydrogens is 237 g/mol. The molecule has 0 saturated carbocycles. The number of benzene rings is 1. The summed E-state index contributed by atoms with van der Waals surface area (Å²) in [4.78, 5) is 3.86. The fraction of sp³-hybridized carbons (Fsp3) is 0.333. The van der Waals surface area contributed by atoms with E-state index in [9.17, 15) is 9.50 Å². The number of hydrogen-bond donors (Lipinski definition) is 2. The Balaban J connectivity index is 1.75. The van der Waals surface area contributed by atoms with Gasteiger partial charge in [0.25, 0.3) is 0 Å². The fourth-order valence-corrected chi connectivity index (χ4v) is 1.60. The van der Waals surface area contributed by atoms with E-state index >= 15 is 0 Å². The summed E-state index contributed by atoms with van der Waals surface area (Å²) >= 11 is 0. The number of rotatable bonds is 6. The van der Waals surface area contributed by atoms with Crippen molar-refractivity contribution >= 4 is 0 Å². The highest BCUT2D eigenvalue weighted by Crippen LogP contribution is 2.15. The molecule has 0 bridgehead atoms. The van der Waals surface area contributed by atoms with E-state index in [-0.39, 0.29) is 6.54 Å². The maximum atomic E-state index is 13.4. The monoisotopic (exact) mass is 251 g/mol. The molecule has 0 amide bonds. The Labute approximate surface area is 104 Å². The van der Waals surface area contributed by atoms with Gasteiger partial charge >= 0.3 is 0 Å². The average Bonchev–Trinajstić information content (AvgIpc) is 2.88. The van der Waals surface area contributed by atoms with Gasteiger partial charge in [-0.15, -0.1) is 0 Å². The molecule has 0 fully saturated rings. The molecule has 2 rings (SSSR count). The van der Waals surface area contributed by atoms with E-state index in [0.717, 1.165) is 0 Å². The van der Waals surface area contributed by atoms with Gasteiger partial charge in [-0.25, -0.2) is 4.39 Å². The average molecular weight is 251 g/mol. The topological polar surface area (TPSA) is 71.2 Å². The lowest BCUT2D eigenvalue weighted by atomic mass is 10.1. The number of nitrogens with zero attached hydrogens (tertiary/aromatic N) is 2. The second-order valence-corrected chi connectivity index (χ2v) is 3.83. The van der Waals surface area contributed by atoms with Crippen LogP contribution in [-0.4, -0.2) is 28.3 Å². The van der Waals surface area contributed by atoms with Gasteiger partial charge in [-0.05, 0) is 6.07 Å². The van der Waals surface area contributed by atoms with Gasteiger partial charge in [-0.1, -0.05) is 23.4 Å². The number of aliphatic hydroxyl groups excluding tert-OH is 1. The predicted octanol–water partition coefficient (Wildman–Crippen LogP) is 1.07. The first-order valence-corrected chi connectivity index (χ1v) is 5.66. The van der Waals surface area contributed by atoms with Crippen LogP contribution < -0.4 is 5.32 Å². The van der Waals surface area contributed by atoms with Crippen molar-refractivity contribution in [2.75, 3.05) is 13.1 Å². The van der Waals surface area contributed by atoms with Crippen LogP contribution in [0.4, 0.5) is 4.39 Å². The fourth-order valence-electron chi connectivity index (χ4n) is 1.60. The van der Waals surface area contributed by atoms with Crippen molar-refractivity contribution in [3.8, 4) is 0 Å². The molecule has 0 spiro atoms. The van der Waals surface area contributed by atoms with Crippen LogP contribution in [-0.2, 0) is 6.42 Å². The molecule has 1 atom stereocenters. The largest absolute Gasteiger partial charge is 0.387 e. The molecule has 6 heteroatoms. The first kappa shape index (κ1) is 12.7. The zero-order valence-corrected chi connectivity index (χ0v) is 9.71. The van der Waals surface area contributed by atoms with Crippen LogP contribution in [0, 0.1) is 5.82 Å². The van der Waals surface area contributed by atoms with Gasteiger partial charge in [0.05, 0.1) is 6.10 Å². The van der Waals surface area contributed by atoms with E-state index in [1.165, 1.54) is 12.4 Å². The quantitative estimate of drug-likeness (QED) is 0.751. The molecule has 0 aliphatic rings.